The van der Waals surface area contributed by atoms with Crippen molar-refractivity contribution in [3.63, 3.8) is 0 Å². The minimum absolute atomic E-state index is 0.118. The van der Waals surface area contributed by atoms with Crippen LogP contribution in [0.1, 0.15) is 6.42 Å². The standard InChI is InChI=1S/C4H8F3NS/c5-4(6,7)3(8)1-2-9/h3,9H,1-2,8H2. The van der Waals surface area contributed by atoms with Gasteiger partial charge in [0.15, 0.2) is 0 Å². The first-order valence-electron chi connectivity index (χ1n) is 2.41. The lowest BCUT2D eigenvalue weighted by Crippen LogP contribution is -2.37. The van der Waals surface area contributed by atoms with Gasteiger partial charge in [-0.1, -0.05) is 0 Å². The predicted octanol–water partition coefficient (Wildman–Crippen LogP) is 1.20. The highest BCUT2D eigenvalue weighted by Crippen LogP contribution is 2.20. The molecule has 0 saturated heterocycles. The molecule has 0 aliphatic carbocycles. The van der Waals surface area contributed by atoms with E-state index in [1.807, 2.05) is 0 Å². The van der Waals surface area contributed by atoms with Crippen LogP contribution in [0.5, 0.6) is 0 Å². The second-order valence-corrected chi connectivity index (χ2v) is 2.11. The van der Waals surface area contributed by atoms with Gasteiger partial charge in [-0.15, -0.1) is 0 Å². The second-order valence-electron chi connectivity index (χ2n) is 1.66. The van der Waals surface area contributed by atoms with E-state index in [9.17, 15) is 13.2 Å². The molecule has 0 spiro atoms. The highest BCUT2D eigenvalue weighted by Gasteiger charge is 2.35. The highest BCUT2D eigenvalue weighted by molar-refractivity contribution is 7.80. The normalized spacial score (nSPS) is 15.7. The van der Waals surface area contributed by atoms with E-state index < -0.39 is 12.2 Å². The maximum Gasteiger partial charge on any atom is 0.403 e. The Morgan fingerprint density at radius 3 is 2.00 bits per heavy atom. The van der Waals surface area contributed by atoms with Gasteiger partial charge in [-0.05, 0) is 12.2 Å². The van der Waals surface area contributed by atoms with Gasteiger partial charge in [0.2, 0.25) is 0 Å². The Labute approximate surface area is 56.8 Å². The van der Waals surface area contributed by atoms with Crippen molar-refractivity contribution < 1.29 is 13.2 Å². The van der Waals surface area contributed by atoms with Crippen molar-refractivity contribution in [1.82, 2.24) is 0 Å². The molecule has 0 aromatic rings. The topological polar surface area (TPSA) is 26.0 Å². The average molecular weight is 159 g/mol. The van der Waals surface area contributed by atoms with Gasteiger partial charge in [0.1, 0.15) is 6.04 Å². The van der Waals surface area contributed by atoms with Crippen molar-refractivity contribution in [1.29, 1.82) is 0 Å². The Morgan fingerprint density at radius 1 is 1.44 bits per heavy atom. The van der Waals surface area contributed by atoms with Crippen molar-refractivity contribution in [2.45, 2.75) is 18.6 Å². The van der Waals surface area contributed by atoms with Crippen molar-refractivity contribution >= 4 is 12.6 Å². The zero-order valence-corrected chi connectivity index (χ0v) is 5.54. The fraction of sp³-hybridized carbons (Fsp3) is 1.00. The third kappa shape index (κ3) is 3.64. The van der Waals surface area contributed by atoms with Gasteiger partial charge in [0, 0.05) is 0 Å². The summed E-state index contributed by atoms with van der Waals surface area (Å²) in [6.07, 6.45) is -4.38. The number of hydrogen-bond donors (Lipinski definition) is 2. The van der Waals surface area contributed by atoms with Gasteiger partial charge in [0.05, 0.1) is 0 Å². The monoisotopic (exact) mass is 159 g/mol. The minimum Gasteiger partial charge on any atom is -0.320 e. The molecule has 0 fully saturated rings. The Bertz CT molecular complexity index is 82.4. The van der Waals surface area contributed by atoms with Crippen LogP contribution in [-0.4, -0.2) is 18.0 Å². The number of halogens is 3. The van der Waals surface area contributed by atoms with Crippen LogP contribution < -0.4 is 5.73 Å². The fourth-order valence-electron chi connectivity index (χ4n) is 0.303. The zero-order chi connectivity index (χ0) is 7.49. The molecule has 0 aliphatic rings. The molecule has 0 aromatic carbocycles. The number of thiol groups is 1. The first-order valence-corrected chi connectivity index (χ1v) is 3.05. The summed E-state index contributed by atoms with van der Waals surface area (Å²) in [5, 5.41) is 0. The predicted molar refractivity (Wildman–Crippen MR) is 32.5 cm³/mol. The second kappa shape index (κ2) is 3.31. The number of rotatable bonds is 2. The molecule has 9 heavy (non-hydrogen) atoms. The molecule has 2 N–H and O–H groups in total. The molecule has 0 radical (unpaired) electrons. The van der Waals surface area contributed by atoms with E-state index in [0.717, 1.165) is 0 Å². The van der Waals surface area contributed by atoms with Crippen molar-refractivity contribution in [3.05, 3.63) is 0 Å². The van der Waals surface area contributed by atoms with E-state index in [1.165, 1.54) is 0 Å². The number of alkyl halides is 3. The Hall–Kier alpha value is 0.100. The molecule has 56 valence electrons. The van der Waals surface area contributed by atoms with Crippen LogP contribution >= 0.6 is 12.6 Å². The molecular formula is C4H8F3NS. The maximum atomic E-state index is 11.5. The molecule has 0 rings (SSSR count). The number of nitrogens with two attached hydrogens (primary N) is 1. The molecule has 0 aromatic heterocycles. The Balaban J connectivity index is 3.59. The molecule has 5 heteroatoms. The smallest absolute Gasteiger partial charge is 0.320 e. The van der Waals surface area contributed by atoms with E-state index in [0.29, 0.717) is 0 Å². The lowest BCUT2D eigenvalue weighted by atomic mass is 10.2. The van der Waals surface area contributed by atoms with Gasteiger partial charge in [-0.25, -0.2) is 0 Å². The molecule has 1 nitrogen and oxygen atoms in total. The van der Waals surface area contributed by atoms with Crippen molar-refractivity contribution in [2.24, 2.45) is 5.73 Å². The summed E-state index contributed by atoms with van der Waals surface area (Å²) < 4.78 is 34.4. The summed E-state index contributed by atoms with van der Waals surface area (Å²) in [4.78, 5) is 0. The van der Waals surface area contributed by atoms with Crippen LogP contribution in [0, 0.1) is 0 Å². The van der Waals surface area contributed by atoms with Crippen molar-refractivity contribution in [3.8, 4) is 0 Å². The lowest BCUT2D eigenvalue weighted by molar-refractivity contribution is -0.147. The summed E-state index contributed by atoms with van der Waals surface area (Å²) in [5.41, 5.74) is 4.69. The third-order valence-electron chi connectivity index (χ3n) is 0.861. The van der Waals surface area contributed by atoms with Crippen LogP contribution in [0.15, 0.2) is 0 Å². The van der Waals surface area contributed by atoms with Crippen LogP contribution in [-0.2, 0) is 0 Å². The fourth-order valence-corrected chi connectivity index (χ4v) is 0.581. The van der Waals surface area contributed by atoms with Gasteiger partial charge in [0.25, 0.3) is 0 Å². The van der Waals surface area contributed by atoms with E-state index in [4.69, 9.17) is 0 Å². The molecule has 0 amide bonds. The third-order valence-corrected chi connectivity index (χ3v) is 1.12. The molecule has 0 bridgehead atoms. The summed E-state index contributed by atoms with van der Waals surface area (Å²) in [7, 11) is 0. The quantitative estimate of drug-likeness (QED) is 0.582. The largest absolute Gasteiger partial charge is 0.403 e. The molecule has 1 atom stereocenters. The van der Waals surface area contributed by atoms with E-state index >= 15 is 0 Å². The SMILES string of the molecule is NC(CCS)C(F)(F)F. The summed E-state index contributed by atoms with van der Waals surface area (Å²) in [6, 6.07) is -1.71. The summed E-state index contributed by atoms with van der Waals surface area (Å²) in [6.45, 7) is 0. The molecule has 1 unspecified atom stereocenters. The molecule has 0 aliphatic heterocycles. The first kappa shape index (κ1) is 9.10. The van der Waals surface area contributed by atoms with Crippen LogP contribution in [0.2, 0.25) is 0 Å². The molecule has 0 heterocycles. The molecule has 0 saturated carbocycles. The lowest BCUT2D eigenvalue weighted by Gasteiger charge is -2.13. The van der Waals surface area contributed by atoms with Crippen molar-refractivity contribution in [2.75, 3.05) is 5.75 Å². The van der Waals surface area contributed by atoms with Crippen LogP contribution in [0.3, 0.4) is 0 Å². The highest BCUT2D eigenvalue weighted by atomic mass is 32.1. The molecular weight excluding hydrogens is 151 g/mol. The average Bonchev–Trinajstić information content (AvgIpc) is 1.64. The van der Waals surface area contributed by atoms with E-state index in [1.54, 1.807) is 0 Å². The van der Waals surface area contributed by atoms with Crippen LogP contribution in [0.4, 0.5) is 13.2 Å². The van der Waals surface area contributed by atoms with Gasteiger partial charge >= 0.3 is 6.18 Å². The summed E-state index contributed by atoms with van der Waals surface area (Å²) in [5.74, 6) is 0.167. The van der Waals surface area contributed by atoms with E-state index in [-0.39, 0.29) is 12.2 Å². The van der Waals surface area contributed by atoms with Gasteiger partial charge in [-0.3, -0.25) is 0 Å². The van der Waals surface area contributed by atoms with Crippen LogP contribution in [0.25, 0.3) is 0 Å². The zero-order valence-electron chi connectivity index (χ0n) is 4.65. The first-order chi connectivity index (χ1) is 3.98. The Kier molecular flexibility index (Phi) is 3.35. The Morgan fingerprint density at radius 2 is 1.89 bits per heavy atom. The van der Waals surface area contributed by atoms with E-state index in [2.05, 4.69) is 18.4 Å². The van der Waals surface area contributed by atoms with Gasteiger partial charge in [-0.2, -0.15) is 25.8 Å². The van der Waals surface area contributed by atoms with Gasteiger partial charge < -0.3 is 5.73 Å². The minimum atomic E-state index is -4.26. The number of hydrogen-bond acceptors (Lipinski definition) is 2. The summed E-state index contributed by atoms with van der Waals surface area (Å²) >= 11 is 3.61. The maximum absolute atomic E-state index is 11.5.